The van der Waals surface area contributed by atoms with E-state index in [1.54, 1.807) is 22.9 Å². The molecule has 1 N–H and O–H groups in total. The van der Waals surface area contributed by atoms with Crippen LogP contribution in [-0.4, -0.2) is 46.3 Å². The van der Waals surface area contributed by atoms with Gasteiger partial charge in [0.05, 0.1) is 0 Å². The topological polar surface area (TPSA) is 50.2 Å². The minimum absolute atomic E-state index is 0.0303. The summed E-state index contributed by atoms with van der Waals surface area (Å²) in [7, 11) is 0. The lowest BCUT2D eigenvalue weighted by atomic mass is 10.1. The fourth-order valence-corrected chi connectivity index (χ4v) is 3.71. The molecule has 0 unspecified atom stereocenters. The van der Waals surface area contributed by atoms with Gasteiger partial charge < -0.3 is 10.2 Å². The van der Waals surface area contributed by atoms with Crippen molar-refractivity contribution in [3.8, 4) is 5.69 Å². The van der Waals surface area contributed by atoms with Gasteiger partial charge in [-0.15, -0.1) is 0 Å². The third kappa shape index (κ3) is 2.41. The lowest BCUT2D eigenvalue weighted by Crippen LogP contribution is -2.52. The average molecular weight is 328 g/mol. The van der Waals surface area contributed by atoms with Crippen LogP contribution in [0.5, 0.6) is 0 Å². The van der Waals surface area contributed by atoms with Crippen LogP contribution in [0, 0.1) is 5.82 Å². The van der Waals surface area contributed by atoms with E-state index in [0.29, 0.717) is 17.9 Å². The first-order valence-corrected chi connectivity index (χ1v) is 8.54. The zero-order valence-corrected chi connectivity index (χ0v) is 13.8. The highest BCUT2D eigenvalue weighted by Crippen LogP contribution is 2.29. The Kier molecular flexibility index (Phi) is 3.84. The maximum absolute atomic E-state index is 14.2. The lowest BCUT2D eigenvalue weighted by molar-refractivity contribution is 0.0648. The molecule has 0 saturated carbocycles. The molecule has 24 heavy (non-hydrogen) atoms. The normalized spacial score (nSPS) is 20.2. The van der Waals surface area contributed by atoms with Gasteiger partial charge >= 0.3 is 0 Å². The van der Waals surface area contributed by atoms with Crippen molar-refractivity contribution in [3.05, 3.63) is 47.0 Å². The van der Waals surface area contributed by atoms with Gasteiger partial charge in [0, 0.05) is 36.9 Å². The summed E-state index contributed by atoms with van der Waals surface area (Å²) >= 11 is 0. The van der Waals surface area contributed by atoms with Gasteiger partial charge in [0.25, 0.3) is 5.91 Å². The molecule has 1 saturated heterocycles. The monoisotopic (exact) mass is 328 g/mol. The summed E-state index contributed by atoms with van der Waals surface area (Å²) < 4.78 is 15.8. The molecule has 2 aromatic rings. The molecular formula is C18H21FN4O. The summed E-state index contributed by atoms with van der Waals surface area (Å²) in [6.07, 6.45) is 2.66. The van der Waals surface area contributed by atoms with E-state index in [-0.39, 0.29) is 17.8 Å². The van der Waals surface area contributed by atoms with Gasteiger partial charge in [-0.1, -0.05) is 12.1 Å². The molecule has 0 bridgehead atoms. The number of hydrogen-bond acceptors (Lipinski definition) is 3. The van der Waals surface area contributed by atoms with E-state index in [1.807, 2.05) is 11.8 Å². The minimum Gasteiger partial charge on any atom is -0.332 e. The van der Waals surface area contributed by atoms with Crippen molar-refractivity contribution in [2.45, 2.75) is 32.2 Å². The second-order valence-corrected chi connectivity index (χ2v) is 6.54. The Morgan fingerprint density at radius 2 is 2.17 bits per heavy atom. The molecule has 1 fully saturated rings. The zero-order chi connectivity index (χ0) is 16.7. The molecule has 6 heteroatoms. The van der Waals surface area contributed by atoms with Crippen molar-refractivity contribution in [2.75, 3.05) is 19.6 Å². The highest BCUT2D eigenvalue weighted by atomic mass is 19.1. The Morgan fingerprint density at radius 3 is 2.96 bits per heavy atom. The van der Waals surface area contributed by atoms with Gasteiger partial charge in [0.15, 0.2) is 5.69 Å². The number of hydrogen-bond donors (Lipinski definition) is 1. The first-order chi connectivity index (χ1) is 11.7. The van der Waals surface area contributed by atoms with E-state index in [4.69, 9.17) is 0 Å². The average Bonchev–Trinajstić information content (AvgIpc) is 3.18. The van der Waals surface area contributed by atoms with Crippen LogP contribution in [0.15, 0.2) is 24.3 Å². The summed E-state index contributed by atoms with van der Waals surface area (Å²) in [4.78, 5) is 14.9. The number of rotatable bonds is 2. The van der Waals surface area contributed by atoms with E-state index >= 15 is 0 Å². The van der Waals surface area contributed by atoms with Crippen LogP contribution in [0.4, 0.5) is 4.39 Å². The summed E-state index contributed by atoms with van der Waals surface area (Å²) in [5.41, 5.74) is 2.89. The molecule has 0 spiro atoms. The molecule has 2 aliphatic rings. The Bertz CT molecular complexity index is 785. The zero-order valence-electron chi connectivity index (χ0n) is 13.8. The molecule has 1 aromatic heterocycles. The van der Waals surface area contributed by atoms with Crippen LogP contribution in [0.2, 0.25) is 0 Å². The molecule has 0 radical (unpaired) electrons. The number of aromatic nitrogens is 2. The molecule has 1 aliphatic heterocycles. The number of benzene rings is 1. The van der Waals surface area contributed by atoms with Crippen LogP contribution in [0.3, 0.4) is 0 Å². The third-order valence-corrected chi connectivity index (χ3v) is 4.98. The summed E-state index contributed by atoms with van der Waals surface area (Å²) in [6.45, 7) is 4.31. The predicted molar refractivity (Wildman–Crippen MR) is 88.9 cm³/mol. The molecule has 1 aliphatic carbocycles. The van der Waals surface area contributed by atoms with Gasteiger partial charge in [0.1, 0.15) is 11.5 Å². The summed E-state index contributed by atoms with van der Waals surface area (Å²) in [5, 5.41) is 7.83. The number of amides is 1. The van der Waals surface area contributed by atoms with E-state index in [0.717, 1.165) is 43.6 Å². The largest absolute Gasteiger partial charge is 0.332 e. The second kappa shape index (κ2) is 6.02. The lowest BCUT2D eigenvalue weighted by Gasteiger charge is -2.33. The first kappa shape index (κ1) is 15.3. The second-order valence-electron chi connectivity index (χ2n) is 6.54. The van der Waals surface area contributed by atoms with Crippen molar-refractivity contribution in [1.29, 1.82) is 0 Å². The van der Waals surface area contributed by atoms with Crippen LogP contribution in [0.25, 0.3) is 5.69 Å². The molecule has 1 aromatic carbocycles. The Morgan fingerprint density at radius 1 is 1.33 bits per heavy atom. The van der Waals surface area contributed by atoms with E-state index < -0.39 is 0 Å². The number of fused-ring (bicyclic) bond motifs is 1. The number of nitrogens with one attached hydrogen (secondary N) is 1. The quantitative estimate of drug-likeness (QED) is 0.916. The third-order valence-electron chi connectivity index (χ3n) is 4.98. The van der Waals surface area contributed by atoms with Crippen LogP contribution in [0.1, 0.15) is 35.1 Å². The standard InChI is InChI=1S/C18H21FN4O/c1-12-11-20-9-10-22(12)18(24)17-13-5-4-8-15(13)23(21-17)16-7-3-2-6-14(16)19/h2-3,6-7,12,20H,4-5,8-11H2,1H3/t12-/m1/s1. The maximum atomic E-state index is 14.2. The molecule has 5 nitrogen and oxygen atoms in total. The number of para-hydroxylation sites is 1. The summed E-state index contributed by atoms with van der Waals surface area (Å²) in [5.74, 6) is -0.346. The van der Waals surface area contributed by atoms with Crippen molar-refractivity contribution < 1.29 is 9.18 Å². The van der Waals surface area contributed by atoms with E-state index in [1.165, 1.54) is 6.07 Å². The molecule has 1 atom stereocenters. The van der Waals surface area contributed by atoms with Crippen LogP contribution in [-0.2, 0) is 12.8 Å². The van der Waals surface area contributed by atoms with E-state index in [9.17, 15) is 9.18 Å². The van der Waals surface area contributed by atoms with Gasteiger partial charge in [0.2, 0.25) is 0 Å². The SMILES string of the molecule is C[C@@H]1CNCCN1C(=O)c1nn(-c2ccccc2F)c2c1CCC2. The van der Waals surface area contributed by atoms with Crippen molar-refractivity contribution >= 4 is 5.91 Å². The van der Waals surface area contributed by atoms with Gasteiger partial charge in [-0.25, -0.2) is 9.07 Å². The van der Waals surface area contributed by atoms with Crippen LogP contribution >= 0.6 is 0 Å². The highest BCUT2D eigenvalue weighted by molar-refractivity contribution is 5.94. The number of halogens is 1. The number of carbonyl (C=O) groups is 1. The first-order valence-electron chi connectivity index (χ1n) is 8.54. The summed E-state index contributed by atoms with van der Waals surface area (Å²) in [6, 6.07) is 6.74. The van der Waals surface area contributed by atoms with Gasteiger partial charge in [-0.3, -0.25) is 4.79 Å². The smallest absolute Gasteiger partial charge is 0.274 e. The van der Waals surface area contributed by atoms with Gasteiger partial charge in [-0.2, -0.15) is 5.10 Å². The Hall–Kier alpha value is -2.21. The van der Waals surface area contributed by atoms with Gasteiger partial charge in [-0.05, 0) is 38.3 Å². The fraction of sp³-hybridized carbons (Fsp3) is 0.444. The predicted octanol–water partition coefficient (Wildman–Crippen LogP) is 1.93. The van der Waals surface area contributed by atoms with Crippen molar-refractivity contribution in [3.63, 3.8) is 0 Å². The maximum Gasteiger partial charge on any atom is 0.274 e. The van der Waals surface area contributed by atoms with Crippen molar-refractivity contribution in [2.24, 2.45) is 0 Å². The number of carbonyl (C=O) groups excluding carboxylic acids is 1. The number of piperazine rings is 1. The van der Waals surface area contributed by atoms with Crippen LogP contribution < -0.4 is 5.32 Å². The van der Waals surface area contributed by atoms with E-state index in [2.05, 4.69) is 10.4 Å². The number of nitrogens with zero attached hydrogens (tertiary/aromatic N) is 3. The highest BCUT2D eigenvalue weighted by Gasteiger charge is 2.32. The molecule has 126 valence electrons. The van der Waals surface area contributed by atoms with Crippen molar-refractivity contribution in [1.82, 2.24) is 20.0 Å². The molecule has 1 amide bonds. The molecule has 4 rings (SSSR count). The Labute approximate surface area is 140 Å². The molecular weight excluding hydrogens is 307 g/mol. The Balaban J connectivity index is 1.76. The molecule has 2 heterocycles. The minimum atomic E-state index is -0.316. The fourth-order valence-electron chi connectivity index (χ4n) is 3.71.